The standard InChI is InChI=1S/C17H18BrFN2O2/c1-10-6-12(19)7-11(2)15(10)23-16-14(18)4-5-21(17(16)22)13-8-20(3)9-13/h4-7,13H,8-9H2,1-3H3. The molecule has 6 heteroatoms. The maximum Gasteiger partial charge on any atom is 0.295 e. The van der Waals surface area contributed by atoms with Gasteiger partial charge < -0.3 is 14.2 Å². The van der Waals surface area contributed by atoms with Crippen molar-refractivity contribution in [3.8, 4) is 11.5 Å². The number of rotatable bonds is 3. The fourth-order valence-corrected chi connectivity index (χ4v) is 3.26. The molecule has 0 atom stereocenters. The first kappa shape index (κ1) is 16.2. The number of likely N-dealkylation sites (N-methyl/N-ethyl adjacent to an activating group) is 1. The van der Waals surface area contributed by atoms with Gasteiger partial charge in [-0.15, -0.1) is 0 Å². The second kappa shape index (κ2) is 6.09. The first-order chi connectivity index (χ1) is 10.9. The van der Waals surface area contributed by atoms with Crippen molar-refractivity contribution in [3.63, 3.8) is 0 Å². The number of aromatic nitrogens is 1. The van der Waals surface area contributed by atoms with E-state index in [1.807, 2.05) is 13.1 Å². The van der Waals surface area contributed by atoms with Gasteiger partial charge in [0.05, 0.1) is 10.5 Å². The van der Waals surface area contributed by atoms with Crippen LogP contribution in [0.15, 0.2) is 33.7 Å². The number of halogens is 2. The Balaban J connectivity index is 2.00. The normalized spacial score (nSPS) is 15.5. The average Bonchev–Trinajstić information content (AvgIpc) is 2.43. The molecule has 0 N–H and O–H groups in total. The van der Waals surface area contributed by atoms with Gasteiger partial charge in [-0.05, 0) is 66.2 Å². The van der Waals surface area contributed by atoms with E-state index in [0.29, 0.717) is 21.3 Å². The molecule has 0 saturated carbocycles. The van der Waals surface area contributed by atoms with Crippen LogP contribution >= 0.6 is 15.9 Å². The summed E-state index contributed by atoms with van der Waals surface area (Å²) in [6, 6.07) is 4.78. The fraction of sp³-hybridized carbons (Fsp3) is 0.353. The van der Waals surface area contributed by atoms with Crippen molar-refractivity contribution in [2.75, 3.05) is 20.1 Å². The molecule has 0 radical (unpaired) electrons. The van der Waals surface area contributed by atoms with Crippen molar-refractivity contribution in [1.29, 1.82) is 0 Å². The van der Waals surface area contributed by atoms with E-state index in [0.717, 1.165) is 13.1 Å². The predicted molar refractivity (Wildman–Crippen MR) is 90.9 cm³/mol. The number of nitrogens with zero attached hydrogens (tertiary/aromatic N) is 2. The predicted octanol–water partition coefficient (Wildman–Crippen LogP) is 3.65. The van der Waals surface area contributed by atoms with Gasteiger partial charge in [0.2, 0.25) is 5.75 Å². The molecule has 1 aromatic carbocycles. The summed E-state index contributed by atoms with van der Waals surface area (Å²) in [5.74, 6) is 0.446. The summed E-state index contributed by atoms with van der Waals surface area (Å²) in [5.41, 5.74) is 1.14. The number of likely N-dealkylation sites (tertiary alicyclic amines) is 1. The monoisotopic (exact) mass is 380 g/mol. The second-order valence-electron chi connectivity index (χ2n) is 6.05. The third-order valence-electron chi connectivity index (χ3n) is 4.09. The zero-order valence-electron chi connectivity index (χ0n) is 13.3. The molecule has 3 rings (SSSR count). The summed E-state index contributed by atoms with van der Waals surface area (Å²) in [5, 5.41) is 0. The van der Waals surface area contributed by atoms with E-state index >= 15 is 0 Å². The van der Waals surface area contributed by atoms with E-state index in [4.69, 9.17) is 4.74 Å². The Morgan fingerprint density at radius 2 is 1.83 bits per heavy atom. The smallest absolute Gasteiger partial charge is 0.295 e. The Labute approximate surface area is 142 Å². The molecule has 0 bridgehead atoms. The van der Waals surface area contributed by atoms with Gasteiger partial charge in [-0.2, -0.15) is 0 Å². The summed E-state index contributed by atoms with van der Waals surface area (Å²) in [6.07, 6.45) is 1.78. The Kier molecular flexibility index (Phi) is 4.29. The topological polar surface area (TPSA) is 34.5 Å². The summed E-state index contributed by atoms with van der Waals surface area (Å²) >= 11 is 3.38. The zero-order chi connectivity index (χ0) is 16.7. The maximum absolute atomic E-state index is 13.4. The molecule has 0 unspecified atom stereocenters. The maximum atomic E-state index is 13.4. The molecular formula is C17H18BrFN2O2. The van der Waals surface area contributed by atoms with Crippen LogP contribution in [0.25, 0.3) is 0 Å². The summed E-state index contributed by atoms with van der Waals surface area (Å²) < 4.78 is 21.6. The highest BCUT2D eigenvalue weighted by Crippen LogP contribution is 2.32. The van der Waals surface area contributed by atoms with Gasteiger partial charge in [0.25, 0.3) is 5.56 Å². The number of aryl methyl sites for hydroxylation is 2. The number of hydrogen-bond donors (Lipinski definition) is 0. The van der Waals surface area contributed by atoms with Crippen LogP contribution in [-0.4, -0.2) is 29.6 Å². The number of benzene rings is 1. The summed E-state index contributed by atoms with van der Waals surface area (Å²) in [4.78, 5) is 14.9. The second-order valence-corrected chi connectivity index (χ2v) is 6.91. The highest BCUT2D eigenvalue weighted by atomic mass is 79.9. The summed E-state index contributed by atoms with van der Waals surface area (Å²) in [7, 11) is 2.02. The van der Waals surface area contributed by atoms with E-state index in [9.17, 15) is 9.18 Å². The average molecular weight is 381 g/mol. The molecule has 2 aromatic rings. The van der Waals surface area contributed by atoms with Gasteiger partial charge in [0.15, 0.2) is 0 Å². The summed E-state index contributed by atoms with van der Waals surface area (Å²) in [6.45, 7) is 5.22. The van der Waals surface area contributed by atoms with Crippen LogP contribution in [-0.2, 0) is 0 Å². The molecule has 122 valence electrons. The minimum Gasteiger partial charge on any atom is -0.450 e. The van der Waals surface area contributed by atoms with E-state index in [1.165, 1.54) is 12.1 Å². The van der Waals surface area contributed by atoms with Crippen LogP contribution < -0.4 is 10.3 Å². The van der Waals surface area contributed by atoms with Crippen LogP contribution in [0.5, 0.6) is 11.5 Å². The molecule has 1 aromatic heterocycles. The number of pyridine rings is 1. The first-order valence-electron chi connectivity index (χ1n) is 7.40. The van der Waals surface area contributed by atoms with Crippen molar-refractivity contribution in [2.24, 2.45) is 0 Å². The van der Waals surface area contributed by atoms with E-state index in [2.05, 4.69) is 20.8 Å². The van der Waals surface area contributed by atoms with Crippen molar-refractivity contribution < 1.29 is 9.13 Å². The van der Waals surface area contributed by atoms with Gasteiger partial charge in [-0.25, -0.2) is 4.39 Å². The van der Waals surface area contributed by atoms with Crippen LogP contribution in [0.3, 0.4) is 0 Å². The molecule has 1 saturated heterocycles. The molecular weight excluding hydrogens is 363 g/mol. The third kappa shape index (κ3) is 3.05. The van der Waals surface area contributed by atoms with Crippen LogP contribution in [0.1, 0.15) is 17.2 Å². The molecule has 0 amide bonds. The fourth-order valence-electron chi connectivity index (χ4n) is 2.89. The third-order valence-corrected chi connectivity index (χ3v) is 4.72. The number of hydrogen-bond acceptors (Lipinski definition) is 3. The van der Waals surface area contributed by atoms with Gasteiger partial charge in [0, 0.05) is 19.3 Å². The first-order valence-corrected chi connectivity index (χ1v) is 8.20. The number of ether oxygens (including phenoxy) is 1. The van der Waals surface area contributed by atoms with Gasteiger partial charge in [0.1, 0.15) is 11.6 Å². The SMILES string of the molecule is Cc1cc(F)cc(C)c1Oc1c(Br)ccn(C2CN(C)C2)c1=O. The lowest BCUT2D eigenvalue weighted by atomic mass is 10.1. The quantitative estimate of drug-likeness (QED) is 0.814. The van der Waals surface area contributed by atoms with Gasteiger partial charge >= 0.3 is 0 Å². The lowest BCUT2D eigenvalue weighted by Crippen LogP contribution is -2.47. The highest BCUT2D eigenvalue weighted by Gasteiger charge is 2.27. The minimum atomic E-state index is -0.311. The molecule has 23 heavy (non-hydrogen) atoms. The Morgan fingerprint density at radius 1 is 1.22 bits per heavy atom. The molecule has 1 aliphatic heterocycles. The van der Waals surface area contributed by atoms with Gasteiger partial charge in [-0.3, -0.25) is 4.79 Å². The van der Waals surface area contributed by atoms with Crippen molar-refractivity contribution in [1.82, 2.24) is 9.47 Å². The van der Waals surface area contributed by atoms with Crippen molar-refractivity contribution >= 4 is 15.9 Å². The van der Waals surface area contributed by atoms with Crippen LogP contribution in [0.4, 0.5) is 4.39 Å². The zero-order valence-corrected chi connectivity index (χ0v) is 14.9. The Bertz CT molecular complexity index is 790. The lowest BCUT2D eigenvalue weighted by molar-refractivity contribution is 0.137. The van der Waals surface area contributed by atoms with Crippen LogP contribution in [0.2, 0.25) is 0 Å². The van der Waals surface area contributed by atoms with E-state index in [1.54, 1.807) is 24.6 Å². The largest absolute Gasteiger partial charge is 0.450 e. The Morgan fingerprint density at radius 3 is 2.39 bits per heavy atom. The molecule has 1 fully saturated rings. The van der Waals surface area contributed by atoms with Crippen LogP contribution in [0, 0.1) is 19.7 Å². The molecule has 0 aliphatic carbocycles. The van der Waals surface area contributed by atoms with Crippen molar-refractivity contribution in [3.05, 3.63) is 56.2 Å². The highest BCUT2D eigenvalue weighted by molar-refractivity contribution is 9.10. The van der Waals surface area contributed by atoms with Gasteiger partial charge in [-0.1, -0.05) is 0 Å². The molecule has 4 nitrogen and oxygen atoms in total. The minimum absolute atomic E-state index is 0.165. The molecule has 2 heterocycles. The van der Waals surface area contributed by atoms with E-state index in [-0.39, 0.29) is 23.2 Å². The van der Waals surface area contributed by atoms with Crippen molar-refractivity contribution in [2.45, 2.75) is 19.9 Å². The molecule has 1 aliphatic rings. The lowest BCUT2D eigenvalue weighted by Gasteiger charge is -2.37. The molecule has 0 spiro atoms. The Hall–Kier alpha value is -1.66. The van der Waals surface area contributed by atoms with E-state index < -0.39 is 0 Å².